The van der Waals surface area contributed by atoms with Crippen molar-refractivity contribution in [2.75, 3.05) is 7.11 Å². The van der Waals surface area contributed by atoms with Gasteiger partial charge in [0.25, 0.3) is 11.6 Å². The maximum atomic E-state index is 11.1. The van der Waals surface area contributed by atoms with E-state index in [2.05, 4.69) is 15.9 Å². The Bertz CT molecular complexity index is 433. The fraction of sp³-hybridized carbons (Fsp3) is 0.125. The molecule has 7 heteroatoms. The summed E-state index contributed by atoms with van der Waals surface area (Å²) < 4.78 is 5.31. The molecule has 2 N–H and O–H groups in total. The largest absolute Gasteiger partial charge is 0.494 e. The molecule has 0 heterocycles. The third kappa shape index (κ3) is 2.07. The number of amides is 1. The Morgan fingerprint density at radius 2 is 2.20 bits per heavy atom. The lowest BCUT2D eigenvalue weighted by Crippen LogP contribution is -2.15. The molecule has 1 aromatic carbocycles. The number of carbonyl (C=O) groups excluding carboxylic acids is 1. The van der Waals surface area contributed by atoms with Crippen LogP contribution in [0.1, 0.15) is 10.4 Å². The van der Waals surface area contributed by atoms with Gasteiger partial charge in [0.1, 0.15) is 0 Å². The molecular weight excluding hydrogens is 268 g/mol. The standard InChI is InChI=1S/C8H7BrN2O4/c1-15-7-4(9)2-3-5(11(13)14)6(7)8(10)12/h2-3H,1H3,(H2,10,12). The highest BCUT2D eigenvalue weighted by atomic mass is 79.9. The Hall–Kier alpha value is -1.63. The van der Waals surface area contributed by atoms with Crippen molar-refractivity contribution in [1.82, 2.24) is 0 Å². The van der Waals surface area contributed by atoms with E-state index in [4.69, 9.17) is 10.5 Å². The Kier molecular flexibility index (Phi) is 3.25. The summed E-state index contributed by atoms with van der Waals surface area (Å²) in [5.41, 5.74) is 4.44. The number of nitro benzene ring substituents is 1. The van der Waals surface area contributed by atoms with Crippen LogP contribution in [0.5, 0.6) is 5.75 Å². The first-order valence-electron chi connectivity index (χ1n) is 3.79. The summed E-state index contributed by atoms with van der Waals surface area (Å²) >= 11 is 3.10. The Balaban J connectivity index is 3.56. The minimum Gasteiger partial charge on any atom is -0.494 e. The molecule has 0 atom stereocenters. The lowest BCUT2D eigenvalue weighted by Gasteiger charge is -2.07. The number of nitrogens with two attached hydrogens (primary N) is 1. The molecular formula is C8H7BrN2O4. The van der Waals surface area contributed by atoms with Crippen LogP contribution < -0.4 is 10.5 Å². The number of hydrogen-bond acceptors (Lipinski definition) is 4. The third-order valence-electron chi connectivity index (χ3n) is 1.73. The summed E-state index contributed by atoms with van der Waals surface area (Å²) in [6, 6.07) is 2.61. The van der Waals surface area contributed by atoms with Gasteiger partial charge >= 0.3 is 0 Å². The molecule has 0 fully saturated rings. The number of ether oxygens (including phenoxy) is 1. The molecule has 0 radical (unpaired) electrons. The summed E-state index contributed by atoms with van der Waals surface area (Å²) in [5.74, 6) is -0.837. The van der Waals surface area contributed by atoms with Crippen molar-refractivity contribution in [2.45, 2.75) is 0 Å². The van der Waals surface area contributed by atoms with E-state index in [9.17, 15) is 14.9 Å². The number of carbonyl (C=O) groups is 1. The van der Waals surface area contributed by atoms with Crippen LogP contribution in [0.3, 0.4) is 0 Å². The van der Waals surface area contributed by atoms with E-state index in [-0.39, 0.29) is 17.0 Å². The highest BCUT2D eigenvalue weighted by Gasteiger charge is 2.24. The van der Waals surface area contributed by atoms with Gasteiger partial charge in [0.15, 0.2) is 11.3 Å². The van der Waals surface area contributed by atoms with E-state index in [1.807, 2.05) is 0 Å². The summed E-state index contributed by atoms with van der Waals surface area (Å²) in [5, 5.41) is 10.6. The molecule has 0 unspecified atom stereocenters. The van der Waals surface area contributed by atoms with E-state index in [1.165, 1.54) is 19.2 Å². The predicted molar refractivity (Wildman–Crippen MR) is 55.9 cm³/mol. The SMILES string of the molecule is COc1c(Br)ccc([N+](=O)[O-])c1C(N)=O. The normalized spacial score (nSPS) is 9.73. The molecule has 0 aliphatic heterocycles. The zero-order valence-corrected chi connectivity index (χ0v) is 9.28. The summed E-state index contributed by atoms with van der Waals surface area (Å²) in [4.78, 5) is 21.0. The van der Waals surface area contributed by atoms with Crippen molar-refractivity contribution < 1.29 is 14.5 Å². The first-order chi connectivity index (χ1) is 6.99. The number of methoxy groups -OCH3 is 1. The molecule has 80 valence electrons. The second-order valence-corrected chi connectivity index (χ2v) is 3.45. The molecule has 1 rings (SSSR count). The van der Waals surface area contributed by atoms with Gasteiger partial charge in [-0.25, -0.2) is 0 Å². The highest BCUT2D eigenvalue weighted by Crippen LogP contribution is 2.34. The summed E-state index contributed by atoms with van der Waals surface area (Å²) in [7, 11) is 1.30. The van der Waals surface area contributed by atoms with Crippen molar-refractivity contribution in [2.24, 2.45) is 5.73 Å². The molecule has 1 aromatic rings. The van der Waals surface area contributed by atoms with Gasteiger partial charge in [0.05, 0.1) is 16.5 Å². The second kappa shape index (κ2) is 4.26. The van der Waals surface area contributed by atoms with Gasteiger partial charge in [-0.15, -0.1) is 0 Å². The van der Waals surface area contributed by atoms with Crippen LogP contribution in [-0.4, -0.2) is 17.9 Å². The zero-order valence-electron chi connectivity index (χ0n) is 7.69. The van der Waals surface area contributed by atoms with E-state index in [0.717, 1.165) is 0 Å². The average Bonchev–Trinajstić information content (AvgIpc) is 2.16. The van der Waals surface area contributed by atoms with Gasteiger partial charge in [-0.05, 0) is 22.0 Å². The quantitative estimate of drug-likeness (QED) is 0.667. The molecule has 0 aliphatic rings. The number of rotatable bonds is 3. The van der Waals surface area contributed by atoms with Crippen molar-refractivity contribution in [3.63, 3.8) is 0 Å². The van der Waals surface area contributed by atoms with Crippen LogP contribution in [0.2, 0.25) is 0 Å². The minimum absolute atomic E-state index is 0.0664. The fourth-order valence-electron chi connectivity index (χ4n) is 1.14. The first-order valence-corrected chi connectivity index (χ1v) is 4.59. The van der Waals surface area contributed by atoms with Gasteiger partial charge in [-0.1, -0.05) is 0 Å². The maximum absolute atomic E-state index is 11.1. The van der Waals surface area contributed by atoms with Crippen LogP contribution in [-0.2, 0) is 0 Å². The molecule has 6 nitrogen and oxygen atoms in total. The molecule has 0 bridgehead atoms. The number of halogens is 1. The third-order valence-corrected chi connectivity index (χ3v) is 2.36. The molecule has 0 saturated heterocycles. The van der Waals surface area contributed by atoms with Gasteiger partial charge in [0.2, 0.25) is 0 Å². The van der Waals surface area contributed by atoms with Gasteiger partial charge in [-0.2, -0.15) is 0 Å². The summed E-state index contributed by atoms with van der Waals surface area (Å²) in [6.07, 6.45) is 0. The topological polar surface area (TPSA) is 95.5 Å². The van der Waals surface area contributed by atoms with E-state index >= 15 is 0 Å². The van der Waals surface area contributed by atoms with Crippen LogP contribution in [0.25, 0.3) is 0 Å². The highest BCUT2D eigenvalue weighted by molar-refractivity contribution is 9.10. The van der Waals surface area contributed by atoms with Crippen molar-refractivity contribution in [3.8, 4) is 5.75 Å². The Morgan fingerprint density at radius 1 is 1.60 bits per heavy atom. The van der Waals surface area contributed by atoms with Crippen LogP contribution >= 0.6 is 15.9 Å². The number of benzene rings is 1. The lowest BCUT2D eigenvalue weighted by molar-refractivity contribution is -0.385. The Morgan fingerprint density at radius 3 is 2.60 bits per heavy atom. The van der Waals surface area contributed by atoms with Crippen LogP contribution in [0.4, 0.5) is 5.69 Å². The second-order valence-electron chi connectivity index (χ2n) is 2.60. The molecule has 0 spiro atoms. The van der Waals surface area contributed by atoms with Crippen molar-refractivity contribution in [1.29, 1.82) is 0 Å². The van der Waals surface area contributed by atoms with E-state index in [0.29, 0.717) is 4.47 Å². The molecule has 0 aliphatic carbocycles. The summed E-state index contributed by atoms with van der Waals surface area (Å²) in [6.45, 7) is 0. The smallest absolute Gasteiger partial charge is 0.286 e. The van der Waals surface area contributed by atoms with Crippen LogP contribution in [0, 0.1) is 10.1 Å². The van der Waals surface area contributed by atoms with Crippen LogP contribution in [0.15, 0.2) is 16.6 Å². The number of primary amides is 1. The number of hydrogen-bond donors (Lipinski definition) is 1. The number of nitro groups is 1. The van der Waals surface area contributed by atoms with Gasteiger partial charge < -0.3 is 10.5 Å². The van der Waals surface area contributed by atoms with E-state index in [1.54, 1.807) is 0 Å². The number of nitrogens with zero attached hydrogens (tertiary/aromatic N) is 1. The minimum atomic E-state index is -0.903. The monoisotopic (exact) mass is 274 g/mol. The lowest BCUT2D eigenvalue weighted by atomic mass is 10.1. The predicted octanol–water partition coefficient (Wildman–Crippen LogP) is 1.46. The van der Waals surface area contributed by atoms with Gasteiger partial charge in [-0.3, -0.25) is 14.9 Å². The maximum Gasteiger partial charge on any atom is 0.286 e. The zero-order chi connectivity index (χ0) is 11.6. The van der Waals surface area contributed by atoms with E-state index < -0.39 is 10.8 Å². The Labute approximate surface area is 93.3 Å². The molecule has 0 saturated carbocycles. The average molecular weight is 275 g/mol. The van der Waals surface area contributed by atoms with Gasteiger partial charge in [0, 0.05) is 6.07 Å². The first kappa shape index (κ1) is 11.4. The molecule has 15 heavy (non-hydrogen) atoms. The molecule has 1 amide bonds. The van der Waals surface area contributed by atoms with Crippen molar-refractivity contribution >= 4 is 27.5 Å². The molecule has 0 aromatic heterocycles. The fourth-order valence-corrected chi connectivity index (χ4v) is 1.63. The van der Waals surface area contributed by atoms with Crippen molar-refractivity contribution in [3.05, 3.63) is 32.3 Å².